The lowest BCUT2D eigenvalue weighted by Gasteiger charge is -1.68. The molecule has 0 rings (SSSR count). The monoisotopic (exact) mass is 295 g/mol. The van der Waals surface area contributed by atoms with Crippen molar-refractivity contribution in [1.82, 2.24) is 6.15 Å². The fourth-order valence-electron chi connectivity index (χ4n) is 0. The van der Waals surface area contributed by atoms with E-state index in [-0.39, 0.29) is 6.15 Å². The molecule has 15 heteroatoms. The molecule has 0 aromatic carbocycles. The van der Waals surface area contributed by atoms with Gasteiger partial charge in [0.1, 0.15) is 0 Å². The molecule has 0 aromatic heterocycles. The van der Waals surface area contributed by atoms with Crippen LogP contribution in [0.3, 0.4) is 0 Å². The van der Waals surface area contributed by atoms with Crippen molar-refractivity contribution >= 4 is 32.2 Å². The molecule has 0 fully saturated rings. The Labute approximate surface area is 87.2 Å². The summed E-state index contributed by atoms with van der Waals surface area (Å²) in [5.74, 6) is 0. The maximum atomic E-state index is 8.74. The highest BCUT2D eigenvalue weighted by Gasteiger charge is 1.85. The standard InChI is InChI=1S/H3N.2H2O4S.H2O3S/c;2*1-5(2,3)4;1-4(2)3/h1H3;2*(H2,1,2,3,4);(H2,1,2,3). The van der Waals surface area contributed by atoms with Gasteiger partial charge in [0, 0.05) is 0 Å². The Bertz CT molecular complexity index is 282. The molecule has 0 bridgehead atoms. The van der Waals surface area contributed by atoms with E-state index in [1.165, 1.54) is 0 Å². The molecule has 0 aliphatic rings. The molecule has 0 spiro atoms. The number of hydrogen-bond acceptors (Lipinski definition) is 6. The highest BCUT2D eigenvalue weighted by molar-refractivity contribution is 7.80. The van der Waals surface area contributed by atoms with Crippen LogP contribution in [0.1, 0.15) is 0 Å². The lowest BCUT2D eigenvalue weighted by molar-refractivity contribution is 0.378. The van der Waals surface area contributed by atoms with Gasteiger partial charge in [-0.05, 0) is 0 Å². The van der Waals surface area contributed by atoms with Gasteiger partial charge in [0.15, 0.2) is 0 Å². The summed E-state index contributed by atoms with van der Waals surface area (Å²) in [7, 11) is -9.33. The van der Waals surface area contributed by atoms with Crippen molar-refractivity contribution in [3.63, 3.8) is 0 Å². The average molecular weight is 295 g/mol. The molecule has 0 amide bonds. The number of rotatable bonds is 0. The molecule has 0 saturated heterocycles. The number of hydrogen-bond donors (Lipinski definition) is 7. The van der Waals surface area contributed by atoms with Crippen molar-refractivity contribution < 1.29 is 48.4 Å². The van der Waals surface area contributed by atoms with Gasteiger partial charge >= 0.3 is 20.8 Å². The van der Waals surface area contributed by atoms with E-state index in [9.17, 15) is 0 Å². The molecule has 12 nitrogen and oxygen atoms in total. The van der Waals surface area contributed by atoms with Crippen LogP contribution >= 0.6 is 0 Å². The van der Waals surface area contributed by atoms with E-state index in [1.54, 1.807) is 0 Å². The second-order valence-electron chi connectivity index (χ2n) is 1.13. The predicted molar refractivity (Wildman–Crippen MR) is 46.8 cm³/mol. The zero-order valence-corrected chi connectivity index (χ0v) is 9.11. The van der Waals surface area contributed by atoms with Gasteiger partial charge in [-0.1, -0.05) is 0 Å². The minimum atomic E-state index is -4.67. The van der Waals surface area contributed by atoms with Crippen LogP contribution in [0.4, 0.5) is 0 Å². The Hall–Kier alpha value is -0.230. The zero-order valence-electron chi connectivity index (χ0n) is 6.66. The van der Waals surface area contributed by atoms with E-state index in [0.29, 0.717) is 0 Å². The van der Waals surface area contributed by atoms with Gasteiger partial charge in [0.25, 0.3) is 11.4 Å². The second kappa shape index (κ2) is 10.3. The minimum absolute atomic E-state index is 0. The Kier molecular flexibility index (Phi) is 16.6. The van der Waals surface area contributed by atoms with Crippen LogP contribution in [0.2, 0.25) is 0 Å². The molecular weight excluding hydrogens is 286 g/mol. The zero-order chi connectivity index (χ0) is 12.6. The van der Waals surface area contributed by atoms with E-state index in [2.05, 4.69) is 0 Å². The molecular formula is H9NO11S3. The summed E-state index contributed by atoms with van der Waals surface area (Å²) in [5.41, 5.74) is 0. The SMILES string of the molecule is N.O=S(=O)(O)O.O=S(=O)(O)O.O=S(O)O. The van der Waals surface area contributed by atoms with Crippen LogP contribution < -0.4 is 6.15 Å². The van der Waals surface area contributed by atoms with Crippen LogP contribution in [0.15, 0.2) is 0 Å². The highest BCUT2D eigenvalue weighted by atomic mass is 32.3. The molecule has 0 aliphatic carbocycles. The molecule has 0 aromatic rings. The van der Waals surface area contributed by atoms with E-state index in [1.807, 2.05) is 0 Å². The third-order valence-corrected chi connectivity index (χ3v) is 0. The maximum absolute atomic E-state index is 8.74. The Morgan fingerprint density at radius 1 is 0.733 bits per heavy atom. The van der Waals surface area contributed by atoms with Gasteiger partial charge in [-0.15, -0.1) is 0 Å². The molecule has 0 atom stereocenters. The first-order chi connectivity index (χ1) is 5.73. The van der Waals surface area contributed by atoms with E-state index < -0.39 is 32.2 Å². The topological polar surface area (TPSA) is 242 Å². The summed E-state index contributed by atoms with van der Waals surface area (Å²) in [4.78, 5) is 0. The van der Waals surface area contributed by atoms with Crippen molar-refractivity contribution in [2.45, 2.75) is 0 Å². The van der Waals surface area contributed by atoms with Crippen LogP contribution in [0, 0.1) is 0 Å². The highest BCUT2D eigenvalue weighted by Crippen LogP contribution is 1.59. The van der Waals surface area contributed by atoms with Crippen LogP contribution in [0.25, 0.3) is 0 Å². The minimum Gasteiger partial charge on any atom is -0.344 e. The molecule has 9 N–H and O–H groups in total. The second-order valence-corrected chi connectivity index (χ2v) is 3.38. The summed E-state index contributed by atoms with van der Waals surface area (Å²) in [6, 6.07) is 0. The van der Waals surface area contributed by atoms with Crippen LogP contribution in [0.5, 0.6) is 0 Å². The first-order valence-corrected chi connectivity index (χ1v) is 5.79. The van der Waals surface area contributed by atoms with Crippen molar-refractivity contribution in [2.75, 3.05) is 0 Å². The fourth-order valence-corrected chi connectivity index (χ4v) is 0. The van der Waals surface area contributed by atoms with Crippen molar-refractivity contribution in [3.8, 4) is 0 Å². The smallest absolute Gasteiger partial charge is 0.344 e. The normalized spacial score (nSPS) is 10.1. The Balaban J connectivity index is -0.0000000590. The molecule has 0 heterocycles. The van der Waals surface area contributed by atoms with Gasteiger partial charge in [-0.3, -0.25) is 27.3 Å². The van der Waals surface area contributed by atoms with Crippen LogP contribution in [-0.4, -0.2) is 48.4 Å². The molecule has 15 heavy (non-hydrogen) atoms. The molecule has 98 valence electrons. The lowest BCUT2D eigenvalue weighted by Crippen LogP contribution is -1.89. The third-order valence-electron chi connectivity index (χ3n) is 0. The van der Waals surface area contributed by atoms with Gasteiger partial charge < -0.3 is 6.15 Å². The van der Waals surface area contributed by atoms with E-state index in [0.717, 1.165) is 0 Å². The predicted octanol–water partition coefficient (Wildman–Crippen LogP) is -1.46. The lowest BCUT2D eigenvalue weighted by atomic mass is 14.0. The first-order valence-electron chi connectivity index (χ1n) is 1.93. The average Bonchev–Trinajstić information content (AvgIpc) is 1.45. The van der Waals surface area contributed by atoms with Crippen molar-refractivity contribution in [1.29, 1.82) is 0 Å². The Morgan fingerprint density at radius 2 is 0.733 bits per heavy atom. The first kappa shape index (κ1) is 24.1. The van der Waals surface area contributed by atoms with Gasteiger partial charge in [-0.25, -0.2) is 0 Å². The summed E-state index contributed by atoms with van der Waals surface area (Å²) < 4.78 is 86.0. The van der Waals surface area contributed by atoms with E-state index in [4.69, 9.17) is 48.4 Å². The van der Waals surface area contributed by atoms with Gasteiger partial charge in [-0.2, -0.15) is 21.0 Å². The largest absolute Gasteiger partial charge is 0.394 e. The molecule has 0 radical (unpaired) electrons. The fraction of sp³-hybridized carbons (Fsp3) is 0. The quantitative estimate of drug-likeness (QED) is 0.200. The van der Waals surface area contributed by atoms with Crippen molar-refractivity contribution in [2.24, 2.45) is 0 Å². The summed E-state index contributed by atoms with van der Waals surface area (Å²) in [6.07, 6.45) is 0. The Morgan fingerprint density at radius 3 is 0.733 bits per heavy atom. The third kappa shape index (κ3) is 36100. The van der Waals surface area contributed by atoms with Gasteiger partial charge in [0.2, 0.25) is 0 Å². The van der Waals surface area contributed by atoms with Crippen molar-refractivity contribution in [3.05, 3.63) is 0 Å². The summed E-state index contributed by atoms with van der Waals surface area (Å²) in [6.45, 7) is 0. The van der Waals surface area contributed by atoms with Crippen LogP contribution in [-0.2, 0) is 32.2 Å². The molecule has 0 unspecified atom stereocenters. The summed E-state index contributed by atoms with van der Waals surface area (Å²) >= 11 is -2.61. The maximum Gasteiger partial charge on any atom is 0.394 e. The molecule has 0 aliphatic heterocycles. The summed E-state index contributed by atoms with van der Waals surface area (Å²) in [5, 5.41) is 0. The van der Waals surface area contributed by atoms with E-state index >= 15 is 0 Å². The van der Waals surface area contributed by atoms with Gasteiger partial charge in [0.05, 0.1) is 0 Å². The molecule has 0 saturated carbocycles.